The first-order valence-corrected chi connectivity index (χ1v) is 3.67. The van der Waals surface area contributed by atoms with Crippen molar-refractivity contribution in [3.8, 4) is 5.97 Å². The van der Waals surface area contributed by atoms with Crippen LogP contribution >= 0.6 is 0 Å². The number of anilines is 1. The van der Waals surface area contributed by atoms with Crippen LogP contribution in [-0.4, -0.2) is 26.8 Å². The Morgan fingerprint density at radius 3 is 3.21 bits per heavy atom. The van der Waals surface area contributed by atoms with E-state index in [0.29, 0.717) is 0 Å². The molecule has 0 unspecified atom stereocenters. The van der Waals surface area contributed by atoms with Gasteiger partial charge in [0.25, 0.3) is 5.56 Å². The molecule has 0 aliphatic heterocycles. The van der Waals surface area contributed by atoms with Crippen molar-refractivity contribution in [2.45, 2.75) is 0 Å². The van der Waals surface area contributed by atoms with Crippen molar-refractivity contribution in [2.75, 3.05) is 5.73 Å². The summed E-state index contributed by atoms with van der Waals surface area (Å²) in [5.74, 6) is 1.79. The largest absolute Gasteiger partial charge is 0.392 e. The summed E-state index contributed by atoms with van der Waals surface area (Å²) in [6, 6.07) is 0. The molecule has 2 rings (SSSR count). The zero-order chi connectivity index (χ0) is 10.1. The number of nitrogens with two attached hydrogens (primary N) is 1. The van der Waals surface area contributed by atoms with E-state index < -0.39 is 5.56 Å². The first-order chi connectivity index (χ1) is 6.72. The minimum atomic E-state index is -0.420. The molecule has 1 radical (unpaired) electrons. The van der Waals surface area contributed by atoms with Gasteiger partial charge in [0.15, 0.2) is 5.65 Å². The van der Waals surface area contributed by atoms with Gasteiger partial charge in [-0.2, -0.15) is 4.98 Å². The van der Waals surface area contributed by atoms with Crippen LogP contribution in [0.2, 0.25) is 0 Å². The Bertz CT molecular complexity index is 578. The summed E-state index contributed by atoms with van der Waals surface area (Å²) < 4.78 is 1.29. The monoisotopic (exact) mass is 187 g/mol. The lowest BCUT2D eigenvalue weighted by atomic mass is 9.98. The second-order valence-electron chi connectivity index (χ2n) is 2.53. The second-order valence-corrected chi connectivity index (χ2v) is 2.53. The number of nitriles is 1. The molecule has 0 bridgehead atoms. The quantitative estimate of drug-likeness (QED) is 0.535. The predicted octanol–water partition coefficient (Wildman–Crippen LogP) is -1.35. The molecule has 3 N–H and O–H groups in total. The lowest BCUT2D eigenvalue weighted by Gasteiger charge is -1.94. The average Bonchev–Trinajstić information content (AvgIpc) is 2.49. The lowest BCUT2D eigenvalue weighted by molar-refractivity contribution is 1.16. The molecule has 67 valence electrons. The van der Waals surface area contributed by atoms with Crippen LogP contribution in [-0.2, 0) is 0 Å². The zero-order valence-corrected chi connectivity index (χ0v) is 6.93. The molecule has 0 aliphatic carbocycles. The third kappa shape index (κ3) is 1.11. The summed E-state index contributed by atoms with van der Waals surface area (Å²) in [7, 11) is 1.16. The molecule has 2 aromatic rings. The number of hydrogen-bond acceptors (Lipinski definition) is 5. The number of rotatable bonds is 1. The number of nitrogen functional groups attached to an aromatic ring is 1. The second kappa shape index (κ2) is 2.88. The highest BCUT2D eigenvalue weighted by atomic mass is 16.1. The summed E-state index contributed by atoms with van der Waals surface area (Å²) >= 11 is 0. The van der Waals surface area contributed by atoms with Crippen LogP contribution in [0.5, 0.6) is 0 Å². The summed E-state index contributed by atoms with van der Waals surface area (Å²) in [5.41, 5.74) is 5.33. The molecular weight excluding hydrogens is 183 g/mol. The third-order valence-corrected chi connectivity index (χ3v) is 1.65. The molecule has 0 aliphatic rings. The molecule has 8 heteroatoms. The van der Waals surface area contributed by atoms with E-state index in [4.69, 9.17) is 11.0 Å². The van der Waals surface area contributed by atoms with Gasteiger partial charge in [-0.1, -0.05) is 0 Å². The minimum absolute atomic E-state index is 0.00436. The Labute approximate surface area is 78.5 Å². The maximum Gasteiger partial charge on any atom is 0.392 e. The van der Waals surface area contributed by atoms with Gasteiger partial charge in [-0.05, 0) is 0 Å². The molecule has 2 heterocycles. The van der Waals surface area contributed by atoms with Crippen molar-refractivity contribution in [3.05, 3.63) is 16.7 Å². The summed E-state index contributed by atoms with van der Waals surface area (Å²) in [6.45, 7) is 0. The van der Waals surface area contributed by atoms with Gasteiger partial charge in [0, 0.05) is 5.97 Å². The number of H-pyrrole nitrogens is 1. The predicted molar refractivity (Wildman–Crippen MR) is 49.3 cm³/mol. The van der Waals surface area contributed by atoms with Gasteiger partial charge >= 0.3 is 7.41 Å². The van der Waals surface area contributed by atoms with Crippen molar-refractivity contribution in [1.29, 1.82) is 5.26 Å². The van der Waals surface area contributed by atoms with Gasteiger partial charge in [0.2, 0.25) is 5.95 Å². The maximum atomic E-state index is 11.4. The standard InChI is InChI=1S/C6H4BN6O/c8-1-7-13-2-10-4-3(13)5(14)12-6(9)11-4/h2H,(H3,9,11,12,14). The number of hydrogen-bond donors (Lipinski definition) is 2. The van der Waals surface area contributed by atoms with Crippen molar-refractivity contribution < 1.29 is 0 Å². The molecule has 0 aromatic carbocycles. The Morgan fingerprint density at radius 2 is 2.50 bits per heavy atom. The first-order valence-electron chi connectivity index (χ1n) is 3.67. The number of nitrogens with one attached hydrogen (secondary N) is 1. The summed E-state index contributed by atoms with van der Waals surface area (Å²) in [5, 5.41) is 8.43. The molecule has 0 amide bonds. The molecular formula is C6H4BN6O. The molecule has 0 fully saturated rings. The molecule has 2 aromatic heterocycles. The molecule has 0 spiro atoms. The van der Waals surface area contributed by atoms with E-state index in [1.165, 1.54) is 10.8 Å². The Kier molecular flexibility index (Phi) is 1.71. The highest BCUT2D eigenvalue weighted by Gasteiger charge is 2.09. The number of imidazole rings is 1. The highest BCUT2D eigenvalue weighted by molar-refractivity contribution is 6.44. The molecule has 7 nitrogen and oxygen atoms in total. The van der Waals surface area contributed by atoms with Crippen LogP contribution in [0.1, 0.15) is 0 Å². The van der Waals surface area contributed by atoms with Gasteiger partial charge in [-0.3, -0.25) is 9.78 Å². The minimum Gasteiger partial charge on any atom is -0.369 e. The number of aromatic amines is 1. The number of nitrogens with zero attached hydrogens (tertiary/aromatic N) is 4. The molecule has 0 saturated carbocycles. The maximum absolute atomic E-state index is 11.4. The van der Waals surface area contributed by atoms with E-state index >= 15 is 0 Å². The summed E-state index contributed by atoms with van der Waals surface area (Å²) in [6.07, 6.45) is 1.33. The average molecular weight is 187 g/mol. The van der Waals surface area contributed by atoms with Gasteiger partial charge in [-0.25, -0.2) is 10.2 Å². The normalized spacial score (nSPS) is 9.93. The summed E-state index contributed by atoms with van der Waals surface area (Å²) in [4.78, 5) is 21.3. The van der Waals surface area contributed by atoms with Crippen LogP contribution in [0.4, 0.5) is 5.95 Å². The zero-order valence-electron chi connectivity index (χ0n) is 6.93. The van der Waals surface area contributed by atoms with Crippen LogP contribution in [0.3, 0.4) is 0 Å². The highest BCUT2D eigenvalue weighted by Crippen LogP contribution is 2.03. The van der Waals surface area contributed by atoms with Crippen molar-refractivity contribution in [2.24, 2.45) is 0 Å². The van der Waals surface area contributed by atoms with E-state index in [0.717, 1.165) is 7.41 Å². The fourth-order valence-corrected chi connectivity index (χ4v) is 1.13. The van der Waals surface area contributed by atoms with E-state index in [1.54, 1.807) is 5.97 Å². The van der Waals surface area contributed by atoms with Gasteiger partial charge in [0.1, 0.15) is 5.52 Å². The van der Waals surface area contributed by atoms with Crippen molar-refractivity contribution >= 4 is 24.5 Å². The molecule has 0 atom stereocenters. The fraction of sp³-hybridized carbons (Fsp3) is 0. The van der Waals surface area contributed by atoms with Crippen molar-refractivity contribution in [3.63, 3.8) is 0 Å². The van der Waals surface area contributed by atoms with E-state index in [-0.39, 0.29) is 17.1 Å². The van der Waals surface area contributed by atoms with Crippen LogP contribution in [0.15, 0.2) is 11.1 Å². The van der Waals surface area contributed by atoms with Crippen molar-refractivity contribution in [1.82, 2.24) is 19.4 Å². The topological polar surface area (TPSA) is 113 Å². The Hall–Kier alpha value is -2.30. The first kappa shape index (κ1) is 8.31. The van der Waals surface area contributed by atoms with E-state index in [1.807, 2.05) is 0 Å². The van der Waals surface area contributed by atoms with Gasteiger partial charge in [-0.15, -0.1) is 0 Å². The smallest absolute Gasteiger partial charge is 0.369 e. The van der Waals surface area contributed by atoms with Gasteiger partial charge in [0.05, 0.1) is 6.33 Å². The Morgan fingerprint density at radius 1 is 1.71 bits per heavy atom. The van der Waals surface area contributed by atoms with E-state index in [2.05, 4.69) is 15.0 Å². The SMILES string of the molecule is N#C[B]n1cnc2nc(N)[nH]c(=O)c21. The van der Waals surface area contributed by atoms with Gasteiger partial charge < -0.3 is 10.2 Å². The number of fused-ring (bicyclic) bond motifs is 1. The molecule has 0 saturated heterocycles. The van der Waals surface area contributed by atoms with Crippen LogP contribution in [0.25, 0.3) is 11.2 Å². The number of aromatic nitrogens is 4. The molecule has 14 heavy (non-hydrogen) atoms. The Balaban J connectivity index is 2.81. The third-order valence-electron chi connectivity index (χ3n) is 1.65. The fourth-order valence-electron chi connectivity index (χ4n) is 1.13. The van der Waals surface area contributed by atoms with Crippen LogP contribution in [0, 0.1) is 11.2 Å². The van der Waals surface area contributed by atoms with Crippen LogP contribution < -0.4 is 11.3 Å². The van der Waals surface area contributed by atoms with E-state index in [9.17, 15) is 4.79 Å². The lowest BCUT2D eigenvalue weighted by Crippen LogP contribution is -2.16.